The van der Waals surface area contributed by atoms with Crippen LogP contribution in [0, 0.1) is 0 Å². The number of fused-ring (bicyclic) bond motifs is 2. The van der Waals surface area contributed by atoms with Crippen molar-refractivity contribution in [3.63, 3.8) is 0 Å². The van der Waals surface area contributed by atoms with Gasteiger partial charge in [-0.1, -0.05) is 19.1 Å². The van der Waals surface area contributed by atoms with Crippen molar-refractivity contribution >= 4 is 5.69 Å². The Hall–Kier alpha value is -1.06. The lowest BCUT2D eigenvalue weighted by Gasteiger charge is -2.28. The molecule has 1 N–H and O–H groups in total. The van der Waals surface area contributed by atoms with Crippen LogP contribution in [0.5, 0.6) is 0 Å². The summed E-state index contributed by atoms with van der Waals surface area (Å²) in [7, 11) is 4.36. The van der Waals surface area contributed by atoms with Gasteiger partial charge in [0.1, 0.15) is 0 Å². The average Bonchev–Trinajstić information content (AvgIpc) is 2.74. The molecule has 116 valence electrons. The largest absolute Gasteiger partial charge is 0.370 e. The van der Waals surface area contributed by atoms with Gasteiger partial charge in [0.25, 0.3) is 0 Å². The number of likely N-dealkylation sites (N-methyl/N-ethyl adjacent to an activating group) is 1. The van der Waals surface area contributed by atoms with Crippen LogP contribution in [-0.4, -0.2) is 44.2 Å². The van der Waals surface area contributed by atoms with E-state index in [-0.39, 0.29) is 0 Å². The zero-order valence-corrected chi connectivity index (χ0v) is 13.7. The Morgan fingerprint density at radius 2 is 1.86 bits per heavy atom. The minimum atomic E-state index is 0.477. The van der Waals surface area contributed by atoms with Gasteiger partial charge in [0, 0.05) is 36.9 Å². The second-order valence-electron chi connectivity index (χ2n) is 6.63. The van der Waals surface area contributed by atoms with Gasteiger partial charge in [0.15, 0.2) is 0 Å². The van der Waals surface area contributed by atoms with E-state index < -0.39 is 0 Å². The highest BCUT2D eigenvalue weighted by Gasteiger charge is 2.34. The van der Waals surface area contributed by atoms with Crippen LogP contribution in [0.15, 0.2) is 24.3 Å². The number of nitrogens with one attached hydrogen (secondary N) is 1. The van der Waals surface area contributed by atoms with Crippen LogP contribution >= 0.6 is 0 Å². The first kappa shape index (κ1) is 14.9. The molecule has 2 heterocycles. The van der Waals surface area contributed by atoms with Crippen molar-refractivity contribution in [3.8, 4) is 0 Å². The molecule has 0 radical (unpaired) electrons. The molecule has 3 nitrogen and oxygen atoms in total. The highest BCUT2D eigenvalue weighted by atomic mass is 15.3. The first-order chi connectivity index (χ1) is 10.2. The molecule has 2 aliphatic heterocycles. The molecular weight excluding hydrogens is 258 g/mol. The molecule has 1 aromatic carbocycles. The molecule has 3 heteroatoms. The van der Waals surface area contributed by atoms with Gasteiger partial charge in [-0.2, -0.15) is 0 Å². The van der Waals surface area contributed by atoms with Crippen LogP contribution in [0.2, 0.25) is 0 Å². The van der Waals surface area contributed by atoms with Crippen LogP contribution in [-0.2, 0) is 0 Å². The maximum atomic E-state index is 3.38. The Labute approximate surface area is 129 Å². The standard InChI is InChI=1S/C18H29N3/c1-4-18(19-2)14-5-7-16(8-6-14)21-12-11-15-9-10-17(13-21)20(15)3/h5-8,15,17-19H,4,9-13H2,1-3H3. The summed E-state index contributed by atoms with van der Waals surface area (Å²) in [5, 5.41) is 3.38. The van der Waals surface area contributed by atoms with E-state index in [0.29, 0.717) is 6.04 Å². The summed E-state index contributed by atoms with van der Waals surface area (Å²) >= 11 is 0. The Bertz CT molecular complexity index is 452. The average molecular weight is 287 g/mol. The molecule has 3 unspecified atom stereocenters. The minimum Gasteiger partial charge on any atom is -0.370 e. The lowest BCUT2D eigenvalue weighted by Crippen LogP contribution is -2.36. The molecule has 2 bridgehead atoms. The van der Waals surface area contributed by atoms with E-state index in [9.17, 15) is 0 Å². The molecule has 0 amide bonds. The second kappa shape index (κ2) is 6.37. The maximum Gasteiger partial charge on any atom is 0.0366 e. The van der Waals surface area contributed by atoms with Crippen LogP contribution in [0.3, 0.4) is 0 Å². The topological polar surface area (TPSA) is 18.5 Å². The van der Waals surface area contributed by atoms with Crippen LogP contribution in [0.4, 0.5) is 5.69 Å². The Morgan fingerprint density at radius 1 is 1.14 bits per heavy atom. The highest BCUT2D eigenvalue weighted by molar-refractivity contribution is 5.48. The molecule has 0 aromatic heterocycles. The van der Waals surface area contributed by atoms with Crippen molar-refractivity contribution in [2.24, 2.45) is 0 Å². The summed E-state index contributed by atoms with van der Waals surface area (Å²) in [5.74, 6) is 0. The van der Waals surface area contributed by atoms with E-state index >= 15 is 0 Å². The lowest BCUT2D eigenvalue weighted by atomic mass is 10.0. The van der Waals surface area contributed by atoms with Crippen molar-refractivity contribution in [2.75, 3.05) is 32.1 Å². The zero-order chi connectivity index (χ0) is 14.8. The van der Waals surface area contributed by atoms with Gasteiger partial charge in [-0.25, -0.2) is 0 Å². The molecular formula is C18H29N3. The van der Waals surface area contributed by atoms with Crippen molar-refractivity contribution < 1.29 is 0 Å². The summed E-state index contributed by atoms with van der Waals surface area (Å²) in [6, 6.07) is 11.3. The number of rotatable bonds is 4. The number of nitrogens with zero attached hydrogens (tertiary/aromatic N) is 2. The Kier molecular flexibility index (Phi) is 4.51. The molecule has 0 saturated carbocycles. The van der Waals surface area contributed by atoms with E-state index in [2.05, 4.69) is 53.4 Å². The van der Waals surface area contributed by atoms with Crippen molar-refractivity contribution in [2.45, 2.75) is 50.7 Å². The fourth-order valence-electron chi connectivity index (χ4n) is 4.07. The normalized spacial score (nSPS) is 27.7. The molecule has 0 spiro atoms. The Morgan fingerprint density at radius 3 is 2.52 bits per heavy atom. The number of anilines is 1. The predicted molar refractivity (Wildman–Crippen MR) is 89.9 cm³/mol. The molecule has 21 heavy (non-hydrogen) atoms. The molecule has 3 rings (SSSR count). The minimum absolute atomic E-state index is 0.477. The third kappa shape index (κ3) is 2.95. The predicted octanol–water partition coefficient (Wildman–Crippen LogP) is 3.03. The summed E-state index contributed by atoms with van der Waals surface area (Å²) < 4.78 is 0. The summed E-state index contributed by atoms with van der Waals surface area (Å²) in [5.41, 5.74) is 2.79. The lowest BCUT2D eigenvalue weighted by molar-refractivity contribution is 0.254. The molecule has 2 aliphatic rings. The van der Waals surface area contributed by atoms with E-state index in [4.69, 9.17) is 0 Å². The second-order valence-corrected chi connectivity index (χ2v) is 6.63. The van der Waals surface area contributed by atoms with Crippen LogP contribution in [0.25, 0.3) is 0 Å². The van der Waals surface area contributed by atoms with Gasteiger partial charge in [-0.15, -0.1) is 0 Å². The molecule has 2 fully saturated rings. The van der Waals surface area contributed by atoms with Gasteiger partial charge in [-0.3, -0.25) is 4.90 Å². The van der Waals surface area contributed by atoms with Gasteiger partial charge in [0.2, 0.25) is 0 Å². The molecule has 2 saturated heterocycles. The number of benzene rings is 1. The van der Waals surface area contributed by atoms with Crippen molar-refractivity contribution in [3.05, 3.63) is 29.8 Å². The monoisotopic (exact) mass is 287 g/mol. The first-order valence-electron chi connectivity index (χ1n) is 8.47. The van der Waals surface area contributed by atoms with Crippen LogP contribution in [0.1, 0.15) is 44.2 Å². The van der Waals surface area contributed by atoms with E-state index in [1.807, 2.05) is 7.05 Å². The molecule has 3 atom stereocenters. The summed E-state index contributed by atoms with van der Waals surface area (Å²) in [6.45, 7) is 4.63. The third-order valence-corrected chi connectivity index (χ3v) is 5.57. The van der Waals surface area contributed by atoms with Gasteiger partial charge >= 0.3 is 0 Å². The fourth-order valence-corrected chi connectivity index (χ4v) is 4.07. The highest BCUT2D eigenvalue weighted by Crippen LogP contribution is 2.31. The fraction of sp³-hybridized carbons (Fsp3) is 0.667. The van der Waals surface area contributed by atoms with Crippen molar-refractivity contribution in [1.82, 2.24) is 10.2 Å². The number of hydrogen-bond donors (Lipinski definition) is 1. The van der Waals surface area contributed by atoms with Gasteiger partial charge in [0.05, 0.1) is 0 Å². The summed E-state index contributed by atoms with van der Waals surface area (Å²) in [6.07, 6.45) is 5.21. The quantitative estimate of drug-likeness (QED) is 0.918. The molecule has 1 aromatic rings. The maximum absolute atomic E-state index is 3.38. The summed E-state index contributed by atoms with van der Waals surface area (Å²) in [4.78, 5) is 5.20. The van der Waals surface area contributed by atoms with E-state index in [1.165, 1.54) is 43.6 Å². The van der Waals surface area contributed by atoms with E-state index in [0.717, 1.165) is 18.5 Å². The zero-order valence-electron chi connectivity index (χ0n) is 13.7. The smallest absolute Gasteiger partial charge is 0.0366 e. The van der Waals surface area contributed by atoms with E-state index in [1.54, 1.807) is 0 Å². The SMILES string of the molecule is CCC(NC)c1ccc(N2CCC3CCC(C2)N3C)cc1. The Balaban J connectivity index is 1.72. The van der Waals surface area contributed by atoms with Crippen molar-refractivity contribution in [1.29, 1.82) is 0 Å². The first-order valence-corrected chi connectivity index (χ1v) is 8.47. The molecule has 0 aliphatic carbocycles. The van der Waals surface area contributed by atoms with Gasteiger partial charge in [-0.05, 0) is 57.5 Å². The number of hydrogen-bond acceptors (Lipinski definition) is 3. The van der Waals surface area contributed by atoms with Crippen LogP contribution < -0.4 is 10.2 Å². The third-order valence-electron chi connectivity index (χ3n) is 5.57. The van der Waals surface area contributed by atoms with Gasteiger partial charge < -0.3 is 10.2 Å².